The summed E-state index contributed by atoms with van der Waals surface area (Å²) >= 11 is 0. The minimum Gasteiger partial charge on any atom is -0.446 e. The number of benzene rings is 2. The lowest BCUT2D eigenvalue weighted by Crippen LogP contribution is -2.51. The minimum atomic E-state index is -3.36. The summed E-state index contributed by atoms with van der Waals surface area (Å²) in [5.41, 5.74) is 3.46. The standard InChI is InChI=1S/C22H28N6O3S.C14H17FN2O3/c1-15(2)24-19-5-4-8-23-21(19)27-9-11-28(12-10-27)22(29)20-14-16-13-17(26-32(3,30)31)6-7-18(16)25-20;1-4-11-13(18)16-10-6-5-9(15)7-12(10)17(11)14(19)20-8(2)3/h4-8,13-15,24-26H,9-12H2,1-3H3;5-8,11H,4H2,1-3H3,(H,16,18)/t;11-/m.0/s1. The maximum atomic E-state index is 13.4. The van der Waals surface area contributed by atoms with Crippen molar-refractivity contribution in [3.8, 4) is 0 Å². The maximum absolute atomic E-state index is 13.4. The predicted molar refractivity (Wildman–Crippen MR) is 201 cm³/mol. The SMILES string of the molecule is CC(C)Nc1cccnc1N1CCN(C(=O)c2cc3cc(NS(C)(=O)=O)ccc3[nH]2)CC1.CC[C@H]1C(=O)Nc2ccc(F)cc2N1C(=O)OC(C)C. The molecule has 16 heteroatoms. The molecule has 2 aliphatic rings. The molecule has 52 heavy (non-hydrogen) atoms. The molecule has 2 aliphatic heterocycles. The van der Waals surface area contributed by atoms with E-state index in [1.807, 2.05) is 17.0 Å². The molecular formula is C36H45FN8O6S. The van der Waals surface area contributed by atoms with E-state index in [2.05, 4.69) is 44.1 Å². The summed E-state index contributed by atoms with van der Waals surface area (Å²) in [6.07, 6.45) is 2.34. The maximum Gasteiger partial charge on any atom is 0.415 e. The van der Waals surface area contributed by atoms with Crippen molar-refractivity contribution >= 4 is 67.4 Å². The molecule has 1 saturated heterocycles. The van der Waals surface area contributed by atoms with Crippen molar-refractivity contribution in [3.05, 3.63) is 72.3 Å². The molecule has 278 valence electrons. The normalized spacial score (nSPS) is 15.9. The number of carbonyl (C=O) groups is 3. The number of carbonyl (C=O) groups excluding carboxylic acids is 3. The van der Waals surface area contributed by atoms with Gasteiger partial charge >= 0.3 is 6.09 Å². The Kier molecular flexibility index (Phi) is 11.6. The first kappa shape index (κ1) is 37.9. The Morgan fingerprint density at radius 1 is 1.04 bits per heavy atom. The number of rotatable bonds is 8. The average Bonchev–Trinajstić information content (AvgIpc) is 3.50. The van der Waals surface area contributed by atoms with Gasteiger partial charge in [0.25, 0.3) is 5.91 Å². The number of aromatic amines is 1. The van der Waals surface area contributed by atoms with Gasteiger partial charge in [-0.3, -0.25) is 19.2 Å². The highest BCUT2D eigenvalue weighted by Gasteiger charge is 2.37. The average molecular weight is 737 g/mol. The van der Waals surface area contributed by atoms with Crippen molar-refractivity contribution < 1.29 is 31.9 Å². The van der Waals surface area contributed by atoms with Gasteiger partial charge in [-0.1, -0.05) is 6.92 Å². The van der Waals surface area contributed by atoms with E-state index in [1.54, 1.807) is 51.2 Å². The first-order valence-corrected chi connectivity index (χ1v) is 19.0. The molecule has 2 aromatic heterocycles. The first-order valence-electron chi connectivity index (χ1n) is 17.1. The number of nitrogens with one attached hydrogen (secondary N) is 4. The second-order valence-electron chi connectivity index (χ2n) is 13.2. The van der Waals surface area contributed by atoms with Gasteiger partial charge < -0.3 is 30.2 Å². The van der Waals surface area contributed by atoms with Crippen LogP contribution in [-0.2, 0) is 19.6 Å². The first-order chi connectivity index (χ1) is 24.6. The van der Waals surface area contributed by atoms with E-state index < -0.39 is 28.0 Å². The van der Waals surface area contributed by atoms with Crippen LogP contribution >= 0.6 is 0 Å². The Bertz CT molecular complexity index is 2050. The fourth-order valence-corrected chi connectivity index (χ4v) is 6.61. The van der Waals surface area contributed by atoms with Gasteiger partial charge in [-0.05, 0) is 88.7 Å². The summed E-state index contributed by atoms with van der Waals surface area (Å²) in [5.74, 6) is 0.0641. The van der Waals surface area contributed by atoms with E-state index in [4.69, 9.17) is 4.74 Å². The molecule has 0 unspecified atom stereocenters. The number of halogens is 1. The van der Waals surface area contributed by atoms with Gasteiger partial charge in [-0.2, -0.15) is 0 Å². The predicted octanol–water partition coefficient (Wildman–Crippen LogP) is 5.62. The van der Waals surface area contributed by atoms with Crippen molar-refractivity contribution in [1.29, 1.82) is 0 Å². The Morgan fingerprint density at radius 3 is 2.42 bits per heavy atom. The lowest BCUT2D eigenvalue weighted by molar-refractivity contribution is -0.117. The molecule has 1 atom stereocenters. The van der Waals surface area contributed by atoms with Crippen molar-refractivity contribution in [2.24, 2.45) is 0 Å². The fourth-order valence-electron chi connectivity index (χ4n) is 6.05. The van der Waals surface area contributed by atoms with Crippen molar-refractivity contribution in [2.75, 3.05) is 57.6 Å². The number of nitrogens with zero attached hydrogens (tertiary/aromatic N) is 4. The molecule has 0 aliphatic carbocycles. The van der Waals surface area contributed by atoms with Gasteiger partial charge in [0, 0.05) is 55.0 Å². The number of sulfonamides is 1. The van der Waals surface area contributed by atoms with Crippen LogP contribution in [0.25, 0.3) is 10.9 Å². The Labute approximate surface area is 302 Å². The monoisotopic (exact) mass is 736 g/mol. The zero-order valence-corrected chi connectivity index (χ0v) is 30.9. The number of piperazine rings is 1. The van der Waals surface area contributed by atoms with Crippen LogP contribution in [0.4, 0.5) is 37.8 Å². The number of hydrogen-bond acceptors (Lipinski definition) is 9. The second kappa shape index (κ2) is 15.9. The van der Waals surface area contributed by atoms with E-state index in [-0.39, 0.29) is 17.9 Å². The van der Waals surface area contributed by atoms with Gasteiger partial charge in [0.05, 0.1) is 29.4 Å². The summed E-state index contributed by atoms with van der Waals surface area (Å²) in [5, 5.41) is 6.88. The topological polar surface area (TPSA) is 169 Å². The van der Waals surface area contributed by atoms with Crippen LogP contribution in [0.5, 0.6) is 0 Å². The summed E-state index contributed by atoms with van der Waals surface area (Å²) < 4.78 is 44.0. The number of hydrogen-bond donors (Lipinski definition) is 4. The number of ether oxygens (including phenoxy) is 1. The molecule has 3 amide bonds. The molecule has 0 bridgehead atoms. The van der Waals surface area contributed by atoms with Gasteiger partial charge in [0.1, 0.15) is 17.6 Å². The number of H-pyrrole nitrogens is 1. The quantitative estimate of drug-likeness (QED) is 0.179. The second-order valence-corrected chi connectivity index (χ2v) is 14.9. The Balaban J connectivity index is 0.000000225. The van der Waals surface area contributed by atoms with Crippen LogP contribution in [0.2, 0.25) is 0 Å². The zero-order valence-electron chi connectivity index (χ0n) is 30.1. The Morgan fingerprint density at radius 2 is 1.77 bits per heavy atom. The lowest BCUT2D eigenvalue weighted by atomic mass is 10.1. The molecule has 0 radical (unpaired) electrons. The molecule has 1 fully saturated rings. The minimum absolute atomic E-state index is 0.0694. The van der Waals surface area contributed by atoms with Crippen LogP contribution < -0.4 is 25.2 Å². The molecule has 4 aromatic rings. The van der Waals surface area contributed by atoms with Gasteiger partial charge in [-0.15, -0.1) is 0 Å². The number of amides is 3. The molecule has 0 spiro atoms. The van der Waals surface area contributed by atoms with E-state index in [0.29, 0.717) is 61.4 Å². The molecule has 4 heterocycles. The third-order valence-corrected chi connectivity index (χ3v) is 8.87. The van der Waals surface area contributed by atoms with Crippen LogP contribution in [0.1, 0.15) is 51.5 Å². The van der Waals surface area contributed by atoms with Crippen LogP contribution in [0.15, 0.2) is 60.8 Å². The van der Waals surface area contributed by atoms with Crippen LogP contribution in [0.3, 0.4) is 0 Å². The molecule has 14 nitrogen and oxygen atoms in total. The highest BCUT2D eigenvalue weighted by atomic mass is 32.2. The zero-order chi connectivity index (χ0) is 37.7. The van der Waals surface area contributed by atoms with Gasteiger partial charge in [0.2, 0.25) is 15.9 Å². The fraction of sp³-hybridized carbons (Fsp3) is 0.389. The molecule has 0 saturated carbocycles. The van der Waals surface area contributed by atoms with E-state index in [9.17, 15) is 27.2 Å². The summed E-state index contributed by atoms with van der Waals surface area (Å²) in [7, 11) is -3.36. The summed E-state index contributed by atoms with van der Waals surface area (Å²) in [6, 6.07) is 14.3. The van der Waals surface area contributed by atoms with Gasteiger partial charge in [-0.25, -0.2) is 22.6 Å². The van der Waals surface area contributed by atoms with Crippen molar-refractivity contribution in [1.82, 2.24) is 14.9 Å². The van der Waals surface area contributed by atoms with Crippen molar-refractivity contribution in [3.63, 3.8) is 0 Å². The highest BCUT2D eigenvalue weighted by Crippen LogP contribution is 2.34. The van der Waals surface area contributed by atoms with Gasteiger partial charge in [0.15, 0.2) is 5.82 Å². The number of fused-ring (bicyclic) bond motifs is 2. The third kappa shape index (κ3) is 9.09. The van der Waals surface area contributed by atoms with E-state index >= 15 is 0 Å². The lowest BCUT2D eigenvalue weighted by Gasteiger charge is -2.36. The van der Waals surface area contributed by atoms with Crippen LogP contribution in [0, 0.1) is 5.82 Å². The summed E-state index contributed by atoms with van der Waals surface area (Å²) in [4.78, 5) is 50.2. The highest BCUT2D eigenvalue weighted by molar-refractivity contribution is 7.92. The molecule has 2 aromatic carbocycles. The summed E-state index contributed by atoms with van der Waals surface area (Å²) in [6.45, 7) is 12.0. The number of aromatic nitrogens is 2. The third-order valence-electron chi connectivity index (χ3n) is 8.26. The molecule has 6 rings (SSSR count). The molecule has 4 N–H and O–H groups in total. The van der Waals surface area contributed by atoms with E-state index in [1.165, 1.54) is 23.1 Å². The van der Waals surface area contributed by atoms with Crippen molar-refractivity contribution in [2.45, 2.75) is 59.2 Å². The number of anilines is 5. The smallest absolute Gasteiger partial charge is 0.415 e. The van der Waals surface area contributed by atoms with E-state index in [0.717, 1.165) is 28.7 Å². The molecular weight excluding hydrogens is 692 g/mol. The largest absolute Gasteiger partial charge is 0.446 e. The Hall–Kier alpha value is -5.38. The van der Waals surface area contributed by atoms with Crippen LogP contribution in [-0.4, -0.2) is 91.8 Å². The number of pyridine rings is 1.